The second-order valence-electron chi connectivity index (χ2n) is 7.49. The molecule has 0 saturated carbocycles. The minimum atomic E-state index is -0.0287. The number of para-hydroxylation sites is 3. The lowest BCUT2D eigenvalue weighted by molar-refractivity contribution is -0.114. The fraction of sp³-hybridized carbons (Fsp3) is 0.192. The number of nitrogens with zero attached hydrogens (tertiary/aromatic N) is 1. The minimum absolute atomic E-state index is 0.0287. The Labute approximate surface area is 177 Å². The van der Waals surface area contributed by atoms with Crippen molar-refractivity contribution in [2.45, 2.75) is 25.4 Å². The molecule has 0 fully saturated rings. The first kappa shape index (κ1) is 19.8. The Morgan fingerprint density at radius 1 is 1.00 bits per heavy atom. The molecule has 1 amide bonds. The zero-order chi connectivity index (χ0) is 20.9. The number of fused-ring (bicyclic) bond motifs is 1. The van der Waals surface area contributed by atoms with Gasteiger partial charge in [0.15, 0.2) is 0 Å². The SMILES string of the molecule is COc1ccccc1/C=C/C(=O)N1c2ccccc2[C@@H](Nc2ccccc2)C[C@H]1C. The van der Waals surface area contributed by atoms with E-state index in [1.54, 1.807) is 13.2 Å². The van der Waals surface area contributed by atoms with Gasteiger partial charge in [-0.1, -0.05) is 54.6 Å². The molecule has 0 bridgehead atoms. The molecule has 0 unspecified atom stereocenters. The Balaban J connectivity index is 1.61. The van der Waals surface area contributed by atoms with Crippen LogP contribution in [0.2, 0.25) is 0 Å². The lowest BCUT2D eigenvalue weighted by Crippen LogP contribution is -2.43. The number of anilines is 2. The average molecular weight is 399 g/mol. The van der Waals surface area contributed by atoms with E-state index in [9.17, 15) is 4.79 Å². The molecule has 0 radical (unpaired) electrons. The van der Waals surface area contributed by atoms with E-state index in [0.29, 0.717) is 0 Å². The van der Waals surface area contributed by atoms with Gasteiger partial charge in [-0.15, -0.1) is 0 Å². The second kappa shape index (κ2) is 8.87. The Morgan fingerprint density at radius 3 is 2.50 bits per heavy atom. The quantitative estimate of drug-likeness (QED) is 0.562. The summed E-state index contributed by atoms with van der Waals surface area (Å²) in [6.07, 6.45) is 4.29. The van der Waals surface area contributed by atoms with E-state index < -0.39 is 0 Å². The molecule has 0 aromatic heterocycles. The van der Waals surface area contributed by atoms with Crippen LogP contribution in [0, 0.1) is 0 Å². The molecule has 4 rings (SSSR count). The number of carbonyl (C=O) groups is 1. The molecular weight excluding hydrogens is 372 g/mol. The van der Waals surface area contributed by atoms with Gasteiger partial charge < -0.3 is 15.0 Å². The zero-order valence-electron chi connectivity index (χ0n) is 17.3. The molecule has 1 aliphatic rings. The van der Waals surface area contributed by atoms with Gasteiger partial charge in [-0.3, -0.25) is 4.79 Å². The largest absolute Gasteiger partial charge is 0.496 e. The summed E-state index contributed by atoms with van der Waals surface area (Å²) >= 11 is 0. The maximum atomic E-state index is 13.2. The van der Waals surface area contributed by atoms with Crippen LogP contribution in [0.4, 0.5) is 11.4 Å². The Bertz CT molecular complexity index is 1050. The Hall–Kier alpha value is -3.53. The van der Waals surface area contributed by atoms with E-state index in [-0.39, 0.29) is 18.0 Å². The van der Waals surface area contributed by atoms with Crippen molar-refractivity contribution < 1.29 is 9.53 Å². The molecule has 152 valence electrons. The number of amides is 1. The lowest BCUT2D eigenvalue weighted by atomic mass is 9.91. The van der Waals surface area contributed by atoms with Gasteiger partial charge in [0, 0.05) is 29.1 Å². The van der Waals surface area contributed by atoms with Crippen molar-refractivity contribution in [1.29, 1.82) is 0 Å². The molecule has 3 aromatic rings. The minimum Gasteiger partial charge on any atom is -0.496 e. The average Bonchev–Trinajstić information content (AvgIpc) is 2.78. The monoisotopic (exact) mass is 398 g/mol. The molecule has 1 N–H and O–H groups in total. The van der Waals surface area contributed by atoms with Gasteiger partial charge in [0.05, 0.1) is 13.2 Å². The van der Waals surface area contributed by atoms with Crippen molar-refractivity contribution in [2.24, 2.45) is 0 Å². The van der Waals surface area contributed by atoms with E-state index in [4.69, 9.17) is 4.74 Å². The molecule has 3 aromatic carbocycles. The van der Waals surface area contributed by atoms with Gasteiger partial charge in [-0.05, 0) is 49.2 Å². The number of ether oxygens (including phenoxy) is 1. The number of methoxy groups -OCH3 is 1. The van der Waals surface area contributed by atoms with Gasteiger partial charge in [-0.25, -0.2) is 0 Å². The topological polar surface area (TPSA) is 41.6 Å². The van der Waals surface area contributed by atoms with Crippen LogP contribution < -0.4 is 15.0 Å². The fourth-order valence-corrected chi connectivity index (χ4v) is 4.07. The van der Waals surface area contributed by atoms with Crippen LogP contribution >= 0.6 is 0 Å². The summed E-state index contributed by atoms with van der Waals surface area (Å²) in [6, 6.07) is 26.3. The highest BCUT2D eigenvalue weighted by Gasteiger charge is 2.32. The van der Waals surface area contributed by atoms with Crippen molar-refractivity contribution >= 4 is 23.4 Å². The first-order valence-corrected chi connectivity index (χ1v) is 10.2. The standard InChI is InChI=1S/C26H26N2O2/c1-19-18-23(27-21-11-4-3-5-12-21)22-13-7-8-14-24(22)28(19)26(29)17-16-20-10-6-9-15-25(20)30-2/h3-17,19,23,27H,18H2,1-2H3/b17-16+/t19-,23+/m1/s1. The summed E-state index contributed by atoms with van der Waals surface area (Å²) in [4.78, 5) is 15.1. The van der Waals surface area contributed by atoms with Gasteiger partial charge in [0.25, 0.3) is 5.91 Å². The third kappa shape index (κ3) is 4.08. The Kier molecular flexibility index (Phi) is 5.84. The summed E-state index contributed by atoms with van der Waals surface area (Å²) in [7, 11) is 1.64. The van der Waals surface area contributed by atoms with E-state index in [0.717, 1.165) is 34.7 Å². The van der Waals surface area contributed by atoms with E-state index in [1.807, 2.05) is 71.6 Å². The third-order valence-corrected chi connectivity index (χ3v) is 5.49. The van der Waals surface area contributed by atoms with Crippen molar-refractivity contribution in [3.05, 3.63) is 96.1 Å². The lowest BCUT2D eigenvalue weighted by Gasteiger charge is -2.39. The highest BCUT2D eigenvalue weighted by atomic mass is 16.5. The molecule has 1 aliphatic heterocycles. The number of carbonyl (C=O) groups excluding carboxylic acids is 1. The van der Waals surface area contributed by atoms with Gasteiger partial charge >= 0.3 is 0 Å². The molecule has 1 heterocycles. The van der Waals surface area contributed by atoms with E-state index >= 15 is 0 Å². The summed E-state index contributed by atoms with van der Waals surface area (Å²) in [5.41, 5.74) is 4.06. The predicted molar refractivity (Wildman–Crippen MR) is 123 cm³/mol. The van der Waals surface area contributed by atoms with Crippen molar-refractivity contribution in [2.75, 3.05) is 17.3 Å². The molecular formula is C26H26N2O2. The second-order valence-corrected chi connectivity index (χ2v) is 7.49. The molecule has 4 heteroatoms. The maximum Gasteiger partial charge on any atom is 0.251 e. The fourth-order valence-electron chi connectivity index (χ4n) is 4.07. The molecule has 2 atom stereocenters. The van der Waals surface area contributed by atoms with E-state index in [1.165, 1.54) is 0 Å². The number of nitrogens with one attached hydrogen (secondary N) is 1. The predicted octanol–water partition coefficient (Wildman–Crippen LogP) is 5.69. The summed E-state index contributed by atoms with van der Waals surface area (Å²) in [5.74, 6) is 0.722. The summed E-state index contributed by atoms with van der Waals surface area (Å²) in [5, 5.41) is 3.63. The van der Waals surface area contributed by atoms with Crippen LogP contribution in [-0.2, 0) is 4.79 Å². The highest BCUT2D eigenvalue weighted by molar-refractivity contribution is 6.05. The molecule has 30 heavy (non-hydrogen) atoms. The normalized spacial score (nSPS) is 18.1. The number of hydrogen-bond acceptors (Lipinski definition) is 3. The first-order chi connectivity index (χ1) is 14.7. The van der Waals surface area contributed by atoms with Crippen molar-refractivity contribution in [3.8, 4) is 5.75 Å². The molecule has 4 nitrogen and oxygen atoms in total. The van der Waals surface area contributed by atoms with Gasteiger partial charge in [0.2, 0.25) is 0 Å². The zero-order valence-corrected chi connectivity index (χ0v) is 17.3. The van der Waals surface area contributed by atoms with Crippen LogP contribution in [0.1, 0.15) is 30.5 Å². The highest BCUT2D eigenvalue weighted by Crippen LogP contribution is 2.39. The van der Waals surface area contributed by atoms with Crippen LogP contribution in [0.3, 0.4) is 0 Å². The number of hydrogen-bond donors (Lipinski definition) is 1. The number of benzene rings is 3. The Morgan fingerprint density at radius 2 is 1.70 bits per heavy atom. The van der Waals surface area contributed by atoms with Crippen molar-refractivity contribution in [1.82, 2.24) is 0 Å². The summed E-state index contributed by atoms with van der Waals surface area (Å²) in [6.45, 7) is 2.10. The van der Waals surface area contributed by atoms with Crippen LogP contribution in [0.15, 0.2) is 84.9 Å². The van der Waals surface area contributed by atoms with Gasteiger partial charge in [0.1, 0.15) is 5.75 Å². The molecule has 0 spiro atoms. The number of rotatable bonds is 5. The maximum absolute atomic E-state index is 13.2. The van der Waals surface area contributed by atoms with Crippen LogP contribution in [-0.4, -0.2) is 19.1 Å². The van der Waals surface area contributed by atoms with Crippen LogP contribution in [0.25, 0.3) is 6.08 Å². The third-order valence-electron chi connectivity index (χ3n) is 5.49. The molecule has 0 aliphatic carbocycles. The summed E-state index contributed by atoms with van der Waals surface area (Å²) < 4.78 is 5.39. The van der Waals surface area contributed by atoms with Crippen LogP contribution in [0.5, 0.6) is 5.75 Å². The van der Waals surface area contributed by atoms with Gasteiger partial charge in [-0.2, -0.15) is 0 Å². The smallest absolute Gasteiger partial charge is 0.251 e. The van der Waals surface area contributed by atoms with Crippen molar-refractivity contribution in [3.63, 3.8) is 0 Å². The molecule has 0 saturated heterocycles. The first-order valence-electron chi connectivity index (χ1n) is 10.2. The van der Waals surface area contributed by atoms with E-state index in [2.05, 4.69) is 30.4 Å².